The largest absolute Gasteiger partial charge is 0.368 e. The Balaban J connectivity index is 1.59. The van der Waals surface area contributed by atoms with Crippen molar-refractivity contribution in [3.05, 3.63) is 46.2 Å². The Hall–Kier alpha value is -2.18. The van der Waals surface area contributed by atoms with Crippen molar-refractivity contribution in [1.82, 2.24) is 0 Å². The number of ether oxygens (including phenoxy) is 1. The van der Waals surface area contributed by atoms with Crippen LogP contribution in [0.15, 0.2) is 35.7 Å². The first-order chi connectivity index (χ1) is 11.1. The van der Waals surface area contributed by atoms with Gasteiger partial charge in [-0.15, -0.1) is 11.3 Å². The summed E-state index contributed by atoms with van der Waals surface area (Å²) >= 11 is 1.42. The molecule has 1 aliphatic heterocycles. The normalized spacial score (nSPS) is 17.0. The van der Waals surface area contributed by atoms with E-state index in [-0.39, 0.29) is 17.9 Å². The molecule has 1 aliphatic rings. The molecule has 2 amide bonds. The third kappa shape index (κ3) is 3.78. The Labute approximate surface area is 138 Å². The lowest BCUT2D eigenvalue weighted by atomic mass is 10.2. The first-order valence-electron chi connectivity index (χ1n) is 7.51. The van der Waals surface area contributed by atoms with Crippen molar-refractivity contribution in [2.45, 2.75) is 25.9 Å². The summed E-state index contributed by atoms with van der Waals surface area (Å²) in [6.45, 7) is 2.56. The number of nitrogens with one attached hydrogen (secondary N) is 2. The molecule has 1 unspecified atom stereocenters. The summed E-state index contributed by atoms with van der Waals surface area (Å²) < 4.78 is 5.35. The molecule has 2 N–H and O–H groups in total. The summed E-state index contributed by atoms with van der Waals surface area (Å²) in [4.78, 5) is 24.8. The second-order valence-electron chi connectivity index (χ2n) is 5.46. The zero-order chi connectivity index (χ0) is 16.2. The standard InChI is InChI=1S/C17H18N2O3S/c1-11-8-10-23-15(11)17(21)19-13-6-4-12(5-7-13)18-16(20)14-3-2-9-22-14/h4-8,10,14H,2-3,9H2,1H3,(H,18,20)(H,19,21). The predicted molar refractivity (Wildman–Crippen MR) is 91.1 cm³/mol. The van der Waals surface area contributed by atoms with Crippen LogP contribution in [0.25, 0.3) is 0 Å². The molecule has 3 rings (SSSR count). The summed E-state index contributed by atoms with van der Waals surface area (Å²) in [5.41, 5.74) is 2.35. The van der Waals surface area contributed by atoms with Crippen LogP contribution in [-0.2, 0) is 9.53 Å². The number of hydrogen-bond acceptors (Lipinski definition) is 4. The molecule has 120 valence electrons. The van der Waals surface area contributed by atoms with Gasteiger partial charge in [-0.3, -0.25) is 9.59 Å². The lowest BCUT2D eigenvalue weighted by molar-refractivity contribution is -0.124. The van der Waals surface area contributed by atoms with Crippen molar-refractivity contribution in [2.75, 3.05) is 17.2 Å². The molecule has 1 fully saturated rings. The minimum atomic E-state index is -0.351. The monoisotopic (exact) mass is 330 g/mol. The topological polar surface area (TPSA) is 67.4 Å². The van der Waals surface area contributed by atoms with Crippen molar-refractivity contribution in [3.8, 4) is 0 Å². The maximum Gasteiger partial charge on any atom is 0.265 e. The van der Waals surface area contributed by atoms with Gasteiger partial charge in [0.25, 0.3) is 11.8 Å². The lowest BCUT2D eigenvalue weighted by Gasteiger charge is -2.11. The number of benzene rings is 1. The molecule has 0 saturated carbocycles. The van der Waals surface area contributed by atoms with Crippen molar-refractivity contribution < 1.29 is 14.3 Å². The van der Waals surface area contributed by atoms with Gasteiger partial charge in [0.05, 0.1) is 4.88 Å². The highest BCUT2D eigenvalue weighted by Gasteiger charge is 2.23. The Morgan fingerprint density at radius 3 is 2.39 bits per heavy atom. The van der Waals surface area contributed by atoms with Gasteiger partial charge in [0, 0.05) is 18.0 Å². The van der Waals surface area contributed by atoms with E-state index in [1.54, 1.807) is 24.3 Å². The van der Waals surface area contributed by atoms with Gasteiger partial charge in [0.1, 0.15) is 6.10 Å². The van der Waals surface area contributed by atoms with E-state index in [9.17, 15) is 9.59 Å². The van der Waals surface area contributed by atoms with E-state index in [1.807, 2.05) is 18.4 Å². The fraction of sp³-hybridized carbons (Fsp3) is 0.294. The second-order valence-corrected chi connectivity index (χ2v) is 6.37. The van der Waals surface area contributed by atoms with Gasteiger partial charge in [-0.25, -0.2) is 0 Å². The van der Waals surface area contributed by atoms with Crippen LogP contribution in [0.1, 0.15) is 28.1 Å². The van der Waals surface area contributed by atoms with Gasteiger partial charge < -0.3 is 15.4 Å². The molecule has 0 radical (unpaired) electrons. The van der Waals surface area contributed by atoms with Crippen LogP contribution in [0, 0.1) is 6.92 Å². The molecule has 0 spiro atoms. The van der Waals surface area contributed by atoms with E-state index in [4.69, 9.17) is 4.74 Å². The zero-order valence-corrected chi connectivity index (χ0v) is 13.6. The van der Waals surface area contributed by atoms with Crippen molar-refractivity contribution in [3.63, 3.8) is 0 Å². The summed E-state index contributed by atoms with van der Waals surface area (Å²) in [6.07, 6.45) is 1.34. The maximum absolute atomic E-state index is 12.1. The van der Waals surface area contributed by atoms with Crippen LogP contribution >= 0.6 is 11.3 Å². The van der Waals surface area contributed by atoms with Gasteiger partial charge in [0.15, 0.2) is 0 Å². The highest BCUT2D eigenvalue weighted by molar-refractivity contribution is 7.12. The average molecular weight is 330 g/mol. The molecule has 6 heteroatoms. The number of rotatable bonds is 4. The van der Waals surface area contributed by atoms with Crippen LogP contribution < -0.4 is 10.6 Å². The minimum absolute atomic E-state index is 0.117. The van der Waals surface area contributed by atoms with Crippen LogP contribution in [0.2, 0.25) is 0 Å². The molecule has 2 aromatic rings. The van der Waals surface area contributed by atoms with Crippen LogP contribution in [0.4, 0.5) is 11.4 Å². The number of thiophene rings is 1. The molecule has 1 aromatic carbocycles. The number of aryl methyl sites for hydroxylation is 1. The fourth-order valence-corrected chi connectivity index (χ4v) is 3.26. The van der Waals surface area contributed by atoms with E-state index in [2.05, 4.69) is 10.6 Å². The van der Waals surface area contributed by atoms with Crippen molar-refractivity contribution in [1.29, 1.82) is 0 Å². The maximum atomic E-state index is 12.1. The number of carbonyl (C=O) groups excluding carboxylic acids is 2. The Bertz CT molecular complexity index is 703. The smallest absolute Gasteiger partial charge is 0.265 e. The lowest BCUT2D eigenvalue weighted by Crippen LogP contribution is -2.26. The highest BCUT2D eigenvalue weighted by Crippen LogP contribution is 2.20. The highest BCUT2D eigenvalue weighted by atomic mass is 32.1. The quantitative estimate of drug-likeness (QED) is 0.902. The third-order valence-electron chi connectivity index (χ3n) is 3.70. The molecular weight excluding hydrogens is 312 g/mol. The van der Waals surface area contributed by atoms with E-state index >= 15 is 0 Å². The van der Waals surface area contributed by atoms with E-state index in [1.165, 1.54) is 11.3 Å². The molecular formula is C17H18N2O3S. The summed E-state index contributed by atoms with van der Waals surface area (Å²) in [5, 5.41) is 7.58. The average Bonchev–Trinajstić information content (AvgIpc) is 3.20. The summed E-state index contributed by atoms with van der Waals surface area (Å²) in [7, 11) is 0. The van der Waals surface area contributed by atoms with Crippen molar-refractivity contribution >= 4 is 34.5 Å². The van der Waals surface area contributed by atoms with Gasteiger partial charge in [0.2, 0.25) is 0 Å². The van der Waals surface area contributed by atoms with Gasteiger partial charge in [-0.2, -0.15) is 0 Å². The van der Waals surface area contributed by atoms with Crippen molar-refractivity contribution in [2.24, 2.45) is 0 Å². The van der Waals surface area contributed by atoms with Crippen LogP contribution in [0.3, 0.4) is 0 Å². The van der Waals surface area contributed by atoms with Crippen LogP contribution in [-0.4, -0.2) is 24.5 Å². The zero-order valence-electron chi connectivity index (χ0n) is 12.8. The van der Waals surface area contributed by atoms with Crippen LogP contribution in [0.5, 0.6) is 0 Å². The third-order valence-corrected chi connectivity index (χ3v) is 4.72. The van der Waals surface area contributed by atoms with E-state index in [0.29, 0.717) is 22.9 Å². The Morgan fingerprint density at radius 2 is 1.83 bits per heavy atom. The summed E-state index contributed by atoms with van der Waals surface area (Å²) in [5.74, 6) is -0.234. The number of carbonyl (C=O) groups is 2. The van der Waals surface area contributed by atoms with Gasteiger partial charge >= 0.3 is 0 Å². The van der Waals surface area contributed by atoms with Gasteiger partial charge in [-0.05, 0) is 61.0 Å². The van der Waals surface area contributed by atoms with E-state index in [0.717, 1.165) is 18.4 Å². The second kappa shape index (κ2) is 6.93. The minimum Gasteiger partial charge on any atom is -0.368 e. The Morgan fingerprint density at radius 1 is 1.13 bits per heavy atom. The molecule has 1 saturated heterocycles. The first-order valence-corrected chi connectivity index (χ1v) is 8.39. The van der Waals surface area contributed by atoms with E-state index < -0.39 is 0 Å². The number of hydrogen-bond donors (Lipinski definition) is 2. The molecule has 1 atom stereocenters. The first kappa shape index (κ1) is 15.7. The Kier molecular flexibility index (Phi) is 4.73. The predicted octanol–water partition coefficient (Wildman–Crippen LogP) is 3.43. The van der Waals surface area contributed by atoms with Gasteiger partial charge in [-0.1, -0.05) is 0 Å². The molecule has 2 heterocycles. The molecule has 23 heavy (non-hydrogen) atoms. The fourth-order valence-electron chi connectivity index (χ4n) is 2.44. The molecule has 5 nitrogen and oxygen atoms in total. The number of amides is 2. The molecule has 0 aliphatic carbocycles. The molecule has 0 bridgehead atoms. The number of anilines is 2. The SMILES string of the molecule is Cc1ccsc1C(=O)Nc1ccc(NC(=O)C2CCCO2)cc1. The summed E-state index contributed by atoms with van der Waals surface area (Å²) in [6, 6.07) is 8.99. The molecule has 1 aromatic heterocycles.